The molecule has 6 heteroatoms. The minimum atomic E-state index is -1.06. The fourth-order valence-electron chi connectivity index (χ4n) is 1.71. The predicted molar refractivity (Wildman–Crippen MR) is 71.5 cm³/mol. The highest BCUT2D eigenvalue weighted by molar-refractivity contribution is 5.90. The second-order valence-electron chi connectivity index (χ2n) is 5.45. The number of carbonyl (C=O) groups excluding carboxylic acids is 2. The second kappa shape index (κ2) is 7.76. The van der Waals surface area contributed by atoms with Gasteiger partial charge in [0.15, 0.2) is 0 Å². The normalized spacial score (nSPS) is 14.1. The van der Waals surface area contributed by atoms with E-state index < -0.39 is 24.0 Å². The van der Waals surface area contributed by atoms with Gasteiger partial charge in [-0.05, 0) is 18.3 Å². The van der Waals surface area contributed by atoms with Crippen LogP contribution in [0.5, 0.6) is 0 Å². The number of aliphatic carboxylic acids is 1. The number of hydrogen-bond acceptors (Lipinski definition) is 3. The first-order valence-electron chi connectivity index (χ1n) is 6.45. The molecule has 0 heterocycles. The lowest BCUT2D eigenvalue weighted by atomic mass is 10.0. The molecule has 0 saturated heterocycles. The van der Waals surface area contributed by atoms with Crippen molar-refractivity contribution in [2.45, 2.75) is 53.1 Å². The van der Waals surface area contributed by atoms with E-state index in [1.54, 1.807) is 13.8 Å². The van der Waals surface area contributed by atoms with Crippen LogP contribution in [-0.4, -0.2) is 35.0 Å². The Morgan fingerprint density at radius 1 is 1.05 bits per heavy atom. The second-order valence-corrected chi connectivity index (χ2v) is 5.45. The van der Waals surface area contributed by atoms with Gasteiger partial charge < -0.3 is 15.7 Å². The molecule has 0 unspecified atom stereocenters. The summed E-state index contributed by atoms with van der Waals surface area (Å²) in [6.45, 7) is 8.67. The monoisotopic (exact) mass is 274 g/mol. The highest BCUT2D eigenvalue weighted by atomic mass is 16.4. The molecule has 0 aliphatic rings. The van der Waals surface area contributed by atoms with Crippen molar-refractivity contribution >= 4 is 17.8 Å². The van der Waals surface area contributed by atoms with Crippen LogP contribution < -0.4 is 10.6 Å². The van der Waals surface area contributed by atoms with Crippen molar-refractivity contribution in [1.29, 1.82) is 0 Å². The maximum atomic E-state index is 12.0. The van der Waals surface area contributed by atoms with Gasteiger partial charge in [-0.3, -0.25) is 9.59 Å². The van der Waals surface area contributed by atoms with Crippen LogP contribution in [0.15, 0.2) is 0 Å². The van der Waals surface area contributed by atoms with Crippen LogP contribution in [0.25, 0.3) is 0 Å². The first kappa shape index (κ1) is 17.4. The van der Waals surface area contributed by atoms with Crippen LogP contribution in [0, 0.1) is 11.8 Å². The Balaban J connectivity index is 4.75. The van der Waals surface area contributed by atoms with Crippen LogP contribution in [0.3, 0.4) is 0 Å². The van der Waals surface area contributed by atoms with Crippen molar-refractivity contribution in [3.05, 3.63) is 0 Å². The Hall–Kier alpha value is -1.59. The van der Waals surface area contributed by atoms with Crippen molar-refractivity contribution in [1.82, 2.24) is 10.6 Å². The van der Waals surface area contributed by atoms with Crippen LogP contribution >= 0.6 is 0 Å². The fourth-order valence-corrected chi connectivity index (χ4v) is 1.71. The Kier molecular flexibility index (Phi) is 7.11. The van der Waals surface area contributed by atoms with E-state index in [2.05, 4.69) is 10.6 Å². The number of carbonyl (C=O) groups is 3. The smallest absolute Gasteiger partial charge is 0.326 e. The molecule has 19 heavy (non-hydrogen) atoms. The molecule has 2 amide bonds. The molecule has 0 spiro atoms. The molecule has 0 radical (unpaired) electrons. The molecule has 0 rings (SSSR count). The molecule has 0 aromatic carbocycles. The Labute approximate surface area is 113 Å². The van der Waals surface area contributed by atoms with Gasteiger partial charge in [0, 0.05) is 6.92 Å². The summed E-state index contributed by atoms with van der Waals surface area (Å²) in [5, 5.41) is 14.1. The third-order valence-corrected chi connectivity index (χ3v) is 2.63. The summed E-state index contributed by atoms with van der Waals surface area (Å²) in [5.74, 6) is -1.80. The first-order valence-corrected chi connectivity index (χ1v) is 6.45. The van der Waals surface area contributed by atoms with E-state index in [4.69, 9.17) is 5.11 Å². The minimum Gasteiger partial charge on any atom is -0.480 e. The standard InChI is InChI=1S/C13H24N2O4/c1-7(2)6-10(13(18)19)15-12(17)11(8(3)4)14-9(5)16/h7-8,10-11H,6H2,1-5H3,(H,14,16)(H,15,17)(H,18,19)/t10-,11-/m0/s1/i14+1,15+1. The lowest BCUT2D eigenvalue weighted by Crippen LogP contribution is -2.53. The van der Waals surface area contributed by atoms with E-state index in [0.717, 1.165) is 0 Å². The van der Waals surface area contributed by atoms with Gasteiger partial charge >= 0.3 is 5.97 Å². The quantitative estimate of drug-likeness (QED) is 0.597. The van der Waals surface area contributed by atoms with Gasteiger partial charge in [-0.25, -0.2) is 4.79 Å². The van der Waals surface area contributed by atoms with Gasteiger partial charge in [0.1, 0.15) is 12.1 Å². The summed E-state index contributed by atoms with van der Waals surface area (Å²) < 4.78 is 0. The maximum Gasteiger partial charge on any atom is 0.326 e. The summed E-state index contributed by atoms with van der Waals surface area (Å²) in [4.78, 5) is 34.2. The Bertz CT molecular complexity index is 340. The Morgan fingerprint density at radius 2 is 1.58 bits per heavy atom. The van der Waals surface area contributed by atoms with Crippen molar-refractivity contribution in [3.8, 4) is 0 Å². The lowest BCUT2D eigenvalue weighted by Gasteiger charge is -2.24. The van der Waals surface area contributed by atoms with Gasteiger partial charge in [0.05, 0.1) is 0 Å². The third-order valence-electron chi connectivity index (χ3n) is 2.63. The van der Waals surface area contributed by atoms with Gasteiger partial charge in [-0.2, -0.15) is 0 Å². The van der Waals surface area contributed by atoms with Gasteiger partial charge in [0.25, 0.3) is 0 Å². The molecule has 0 aromatic rings. The first-order chi connectivity index (χ1) is 8.65. The molecule has 110 valence electrons. The van der Waals surface area contributed by atoms with Gasteiger partial charge in [-0.1, -0.05) is 27.7 Å². The van der Waals surface area contributed by atoms with Crippen LogP contribution in [-0.2, 0) is 14.4 Å². The highest BCUT2D eigenvalue weighted by Crippen LogP contribution is 2.07. The summed E-state index contributed by atoms with van der Waals surface area (Å²) in [5.41, 5.74) is 0. The molecule has 2 atom stereocenters. The molecule has 3 N–H and O–H groups in total. The van der Waals surface area contributed by atoms with Crippen LogP contribution in [0.1, 0.15) is 41.0 Å². The maximum absolute atomic E-state index is 12.0. The van der Waals surface area contributed by atoms with E-state index in [1.807, 2.05) is 13.8 Å². The number of hydrogen-bond donors (Lipinski definition) is 3. The predicted octanol–water partition coefficient (Wildman–Crippen LogP) is 0.763. The van der Waals surface area contributed by atoms with Crippen LogP contribution in [0.4, 0.5) is 0 Å². The molecule has 0 aliphatic carbocycles. The van der Waals surface area contributed by atoms with Crippen molar-refractivity contribution in [2.24, 2.45) is 11.8 Å². The zero-order chi connectivity index (χ0) is 15.2. The average molecular weight is 274 g/mol. The number of carboxylic acids is 1. The molecule has 0 bridgehead atoms. The molecule has 0 saturated carbocycles. The third kappa shape index (κ3) is 6.79. The van der Waals surface area contributed by atoms with Crippen molar-refractivity contribution in [2.75, 3.05) is 0 Å². The number of amides is 2. The largest absolute Gasteiger partial charge is 0.480 e. The van der Waals surface area contributed by atoms with Gasteiger partial charge in [-0.15, -0.1) is 0 Å². The van der Waals surface area contributed by atoms with E-state index in [9.17, 15) is 14.4 Å². The van der Waals surface area contributed by atoms with Gasteiger partial charge in [0.2, 0.25) is 11.8 Å². The van der Waals surface area contributed by atoms with Crippen molar-refractivity contribution < 1.29 is 19.5 Å². The number of rotatable bonds is 7. The van der Waals surface area contributed by atoms with Crippen molar-refractivity contribution in [3.63, 3.8) is 0 Å². The lowest BCUT2D eigenvalue weighted by molar-refractivity contribution is -0.142. The summed E-state index contributed by atoms with van der Waals surface area (Å²) in [6.07, 6.45) is 0.353. The molecule has 0 aromatic heterocycles. The molecular weight excluding hydrogens is 250 g/mol. The zero-order valence-corrected chi connectivity index (χ0v) is 12.2. The topological polar surface area (TPSA) is 95.5 Å². The SMILES string of the molecule is CC(=O)[15NH][C@H](C(=O)[15NH][C@@H](CC(C)C)C(=O)O)C(C)C. The summed E-state index contributed by atoms with van der Waals surface area (Å²) in [7, 11) is 0. The zero-order valence-electron chi connectivity index (χ0n) is 12.2. The number of nitrogens with one attached hydrogen (secondary N) is 2. The van der Waals surface area contributed by atoms with E-state index >= 15 is 0 Å². The number of carboxylic acid groups (broad SMARTS) is 1. The summed E-state index contributed by atoms with van der Waals surface area (Å²) in [6, 6.07) is -1.64. The van der Waals surface area contributed by atoms with E-state index in [1.165, 1.54) is 6.92 Å². The van der Waals surface area contributed by atoms with E-state index in [0.29, 0.717) is 6.42 Å². The molecule has 0 fully saturated rings. The molecular formula is C13H24N2O4. The van der Waals surface area contributed by atoms with Crippen LogP contribution in [0.2, 0.25) is 0 Å². The Morgan fingerprint density at radius 3 is 1.89 bits per heavy atom. The fraction of sp³-hybridized carbons (Fsp3) is 0.769. The average Bonchev–Trinajstić information content (AvgIpc) is 2.23. The molecule has 6 nitrogen and oxygen atoms in total. The minimum absolute atomic E-state index is 0.114. The van der Waals surface area contributed by atoms with E-state index in [-0.39, 0.29) is 17.7 Å². The molecule has 0 aliphatic heterocycles. The summed E-state index contributed by atoms with van der Waals surface area (Å²) >= 11 is 0. The highest BCUT2D eigenvalue weighted by Gasteiger charge is 2.28.